The lowest BCUT2D eigenvalue weighted by atomic mass is 10.2. The van der Waals surface area contributed by atoms with Gasteiger partial charge in [-0.15, -0.1) is 11.3 Å². The van der Waals surface area contributed by atoms with Crippen LogP contribution in [0.2, 0.25) is 0 Å². The predicted octanol–water partition coefficient (Wildman–Crippen LogP) is 3.74. The molecule has 0 aliphatic carbocycles. The molecule has 0 aliphatic rings. The number of hydrogen-bond acceptors (Lipinski definition) is 3. The van der Waals surface area contributed by atoms with E-state index in [-0.39, 0.29) is 11.7 Å². The second-order valence-corrected chi connectivity index (χ2v) is 6.28. The van der Waals surface area contributed by atoms with E-state index in [4.69, 9.17) is 5.73 Å². The van der Waals surface area contributed by atoms with Crippen molar-refractivity contribution in [3.05, 3.63) is 28.9 Å². The third-order valence-electron chi connectivity index (χ3n) is 3.14. The Balaban J connectivity index is 2.41. The fourth-order valence-electron chi connectivity index (χ4n) is 2.19. The third-order valence-corrected chi connectivity index (χ3v) is 4.31. The van der Waals surface area contributed by atoms with Crippen LogP contribution in [-0.4, -0.2) is 23.9 Å². The highest BCUT2D eigenvalue weighted by Gasteiger charge is 2.21. The molecule has 0 unspecified atom stereocenters. The fraction of sp³-hybridized carbons (Fsp3) is 0.400. The Labute approximate surface area is 122 Å². The van der Waals surface area contributed by atoms with Crippen molar-refractivity contribution < 1.29 is 9.18 Å². The van der Waals surface area contributed by atoms with E-state index in [0.717, 1.165) is 4.70 Å². The molecule has 0 saturated carbocycles. The van der Waals surface area contributed by atoms with Crippen molar-refractivity contribution in [3.8, 4) is 0 Å². The van der Waals surface area contributed by atoms with Gasteiger partial charge in [0.05, 0.1) is 5.69 Å². The van der Waals surface area contributed by atoms with E-state index in [1.54, 1.807) is 11.0 Å². The molecule has 0 fully saturated rings. The summed E-state index contributed by atoms with van der Waals surface area (Å²) in [5.41, 5.74) is 6.41. The summed E-state index contributed by atoms with van der Waals surface area (Å²) in [6.45, 7) is 7.42. The van der Waals surface area contributed by atoms with Crippen LogP contribution in [0.25, 0.3) is 10.1 Å². The Morgan fingerprint density at radius 2 is 2.15 bits per heavy atom. The van der Waals surface area contributed by atoms with E-state index in [9.17, 15) is 9.18 Å². The number of nitrogens with two attached hydrogens (primary N) is 1. The first-order valence-electron chi connectivity index (χ1n) is 6.70. The number of amides is 1. The highest BCUT2D eigenvalue weighted by Crippen LogP contribution is 2.34. The molecule has 1 aromatic carbocycles. The van der Waals surface area contributed by atoms with Crippen LogP contribution >= 0.6 is 11.3 Å². The van der Waals surface area contributed by atoms with Crippen molar-refractivity contribution in [2.75, 3.05) is 18.8 Å². The van der Waals surface area contributed by atoms with Crippen molar-refractivity contribution in [2.24, 2.45) is 5.92 Å². The summed E-state index contributed by atoms with van der Waals surface area (Å²) in [6, 6.07) is 4.44. The molecule has 0 aliphatic heterocycles. The van der Waals surface area contributed by atoms with Gasteiger partial charge in [-0.05, 0) is 31.0 Å². The lowest BCUT2D eigenvalue weighted by Crippen LogP contribution is -2.33. The van der Waals surface area contributed by atoms with Gasteiger partial charge in [0.15, 0.2) is 0 Å². The maximum Gasteiger partial charge on any atom is 0.266 e. The summed E-state index contributed by atoms with van der Waals surface area (Å²) in [7, 11) is 0. The van der Waals surface area contributed by atoms with E-state index in [0.29, 0.717) is 35.0 Å². The van der Waals surface area contributed by atoms with Gasteiger partial charge in [-0.2, -0.15) is 0 Å². The van der Waals surface area contributed by atoms with Crippen LogP contribution in [0, 0.1) is 11.7 Å². The zero-order valence-electron chi connectivity index (χ0n) is 11.9. The van der Waals surface area contributed by atoms with Crippen molar-refractivity contribution in [3.63, 3.8) is 0 Å². The molecule has 0 saturated heterocycles. The third kappa shape index (κ3) is 2.77. The number of hydrogen-bond donors (Lipinski definition) is 1. The molecule has 3 nitrogen and oxygen atoms in total. The summed E-state index contributed by atoms with van der Waals surface area (Å²) in [5, 5.41) is 0.624. The minimum atomic E-state index is -0.337. The topological polar surface area (TPSA) is 46.3 Å². The molecular weight excluding hydrogens is 275 g/mol. The number of carbonyl (C=O) groups is 1. The van der Waals surface area contributed by atoms with Crippen LogP contribution in [0.15, 0.2) is 18.2 Å². The number of nitrogen functional groups attached to an aromatic ring is 1. The molecule has 108 valence electrons. The quantitative estimate of drug-likeness (QED) is 0.933. The molecule has 1 amide bonds. The van der Waals surface area contributed by atoms with Gasteiger partial charge in [-0.25, -0.2) is 4.39 Å². The molecular formula is C15H19FN2OS. The molecule has 1 heterocycles. The first-order chi connectivity index (χ1) is 9.43. The van der Waals surface area contributed by atoms with Crippen LogP contribution in [-0.2, 0) is 0 Å². The zero-order chi connectivity index (χ0) is 14.9. The first kappa shape index (κ1) is 14.8. The Morgan fingerprint density at radius 3 is 2.75 bits per heavy atom. The summed E-state index contributed by atoms with van der Waals surface area (Å²) in [4.78, 5) is 14.8. The molecule has 0 spiro atoms. The van der Waals surface area contributed by atoms with Gasteiger partial charge in [0, 0.05) is 23.2 Å². The van der Waals surface area contributed by atoms with E-state index in [1.165, 1.54) is 23.5 Å². The number of rotatable bonds is 4. The Kier molecular flexibility index (Phi) is 4.28. The van der Waals surface area contributed by atoms with E-state index >= 15 is 0 Å². The first-order valence-corrected chi connectivity index (χ1v) is 7.52. The minimum absolute atomic E-state index is 0.0692. The average molecular weight is 294 g/mol. The highest BCUT2D eigenvalue weighted by atomic mass is 32.1. The molecule has 2 aromatic rings. The van der Waals surface area contributed by atoms with E-state index in [2.05, 4.69) is 13.8 Å². The maximum absolute atomic E-state index is 13.3. The Morgan fingerprint density at radius 1 is 1.45 bits per heavy atom. The number of carbonyl (C=O) groups excluding carboxylic acids is 1. The summed E-state index contributed by atoms with van der Waals surface area (Å²) in [6.07, 6.45) is 0. The fourth-order valence-corrected chi connectivity index (χ4v) is 3.26. The van der Waals surface area contributed by atoms with Crippen LogP contribution in [0.1, 0.15) is 30.4 Å². The summed E-state index contributed by atoms with van der Waals surface area (Å²) in [5.74, 6) is -0.0113. The smallest absolute Gasteiger partial charge is 0.266 e. The van der Waals surface area contributed by atoms with Crippen LogP contribution in [0.5, 0.6) is 0 Å². The second-order valence-electron chi connectivity index (χ2n) is 5.22. The monoisotopic (exact) mass is 294 g/mol. The second kappa shape index (κ2) is 5.79. The van der Waals surface area contributed by atoms with E-state index < -0.39 is 0 Å². The van der Waals surface area contributed by atoms with Gasteiger partial charge in [0.1, 0.15) is 10.7 Å². The summed E-state index contributed by atoms with van der Waals surface area (Å²) < 4.78 is 14.1. The normalized spacial score (nSPS) is 11.2. The van der Waals surface area contributed by atoms with Gasteiger partial charge in [-0.3, -0.25) is 4.79 Å². The molecule has 1 aromatic heterocycles. The van der Waals surface area contributed by atoms with E-state index in [1.807, 2.05) is 6.92 Å². The van der Waals surface area contributed by atoms with Gasteiger partial charge in [0.25, 0.3) is 5.91 Å². The van der Waals surface area contributed by atoms with Crippen molar-refractivity contribution in [1.82, 2.24) is 4.90 Å². The minimum Gasteiger partial charge on any atom is -0.397 e. The molecule has 5 heteroatoms. The number of thiophene rings is 1. The number of anilines is 1. The number of benzene rings is 1. The Bertz CT molecular complexity index is 636. The molecule has 20 heavy (non-hydrogen) atoms. The average Bonchev–Trinajstić information content (AvgIpc) is 2.72. The molecule has 0 bridgehead atoms. The number of nitrogens with zero attached hydrogens (tertiary/aromatic N) is 1. The SMILES string of the molecule is CCN(CC(C)C)C(=O)c1sc2ccc(F)cc2c1N. The maximum atomic E-state index is 13.3. The van der Waals surface area contributed by atoms with Gasteiger partial charge >= 0.3 is 0 Å². The zero-order valence-corrected chi connectivity index (χ0v) is 12.8. The van der Waals surface area contributed by atoms with Crippen LogP contribution in [0.3, 0.4) is 0 Å². The molecule has 0 atom stereocenters. The van der Waals surface area contributed by atoms with Gasteiger partial charge in [0.2, 0.25) is 0 Å². The van der Waals surface area contributed by atoms with Crippen molar-refractivity contribution in [1.29, 1.82) is 0 Å². The standard InChI is InChI=1S/C15H19FN2OS/c1-4-18(8-9(2)3)15(19)14-13(17)11-7-10(16)5-6-12(11)20-14/h5-7,9H,4,8,17H2,1-3H3. The van der Waals surface area contributed by atoms with Crippen LogP contribution in [0.4, 0.5) is 10.1 Å². The molecule has 2 rings (SSSR count). The van der Waals surface area contributed by atoms with Crippen molar-refractivity contribution in [2.45, 2.75) is 20.8 Å². The number of halogens is 1. The van der Waals surface area contributed by atoms with Crippen molar-refractivity contribution >= 4 is 33.0 Å². The van der Waals surface area contributed by atoms with Gasteiger partial charge < -0.3 is 10.6 Å². The van der Waals surface area contributed by atoms with Gasteiger partial charge in [-0.1, -0.05) is 13.8 Å². The predicted molar refractivity (Wildman–Crippen MR) is 82.6 cm³/mol. The molecule has 0 radical (unpaired) electrons. The summed E-state index contributed by atoms with van der Waals surface area (Å²) >= 11 is 1.33. The lowest BCUT2D eigenvalue weighted by molar-refractivity contribution is 0.0751. The Hall–Kier alpha value is -1.62. The lowest BCUT2D eigenvalue weighted by Gasteiger charge is -2.22. The van der Waals surface area contributed by atoms with Crippen LogP contribution < -0.4 is 5.73 Å². The highest BCUT2D eigenvalue weighted by molar-refractivity contribution is 7.21. The number of fused-ring (bicyclic) bond motifs is 1. The largest absolute Gasteiger partial charge is 0.397 e. The molecule has 2 N–H and O–H groups in total.